The SMILES string of the molecule is CCC(CC)COc1ccc(F)cc1/C(C)=N/O. The fraction of sp³-hybridized carbons (Fsp3) is 0.500. The van der Waals surface area contributed by atoms with Gasteiger partial charge in [-0.3, -0.25) is 0 Å². The smallest absolute Gasteiger partial charge is 0.128 e. The largest absolute Gasteiger partial charge is 0.493 e. The van der Waals surface area contributed by atoms with Gasteiger partial charge in [-0.2, -0.15) is 0 Å². The van der Waals surface area contributed by atoms with E-state index in [1.165, 1.54) is 12.1 Å². The van der Waals surface area contributed by atoms with E-state index >= 15 is 0 Å². The molecule has 0 radical (unpaired) electrons. The van der Waals surface area contributed by atoms with Crippen LogP contribution in [0.1, 0.15) is 39.2 Å². The zero-order valence-corrected chi connectivity index (χ0v) is 11.1. The fourth-order valence-corrected chi connectivity index (χ4v) is 1.70. The molecular weight excluding hydrogens is 233 g/mol. The van der Waals surface area contributed by atoms with Crippen LogP contribution in [0.3, 0.4) is 0 Å². The summed E-state index contributed by atoms with van der Waals surface area (Å²) in [6.45, 7) is 6.43. The molecule has 1 rings (SSSR count). The first-order chi connectivity index (χ1) is 8.62. The van der Waals surface area contributed by atoms with Gasteiger partial charge in [-0.05, 0) is 31.0 Å². The molecule has 0 aliphatic rings. The van der Waals surface area contributed by atoms with Crippen molar-refractivity contribution >= 4 is 5.71 Å². The highest BCUT2D eigenvalue weighted by Gasteiger charge is 2.11. The lowest BCUT2D eigenvalue weighted by atomic mass is 10.1. The lowest BCUT2D eigenvalue weighted by Gasteiger charge is -2.16. The first-order valence-corrected chi connectivity index (χ1v) is 6.23. The van der Waals surface area contributed by atoms with Crippen molar-refractivity contribution in [2.75, 3.05) is 6.61 Å². The lowest BCUT2D eigenvalue weighted by molar-refractivity contribution is 0.239. The molecule has 0 amide bonds. The van der Waals surface area contributed by atoms with Crippen LogP contribution in [0, 0.1) is 11.7 Å². The second-order valence-electron chi connectivity index (χ2n) is 4.32. The molecule has 0 aliphatic carbocycles. The van der Waals surface area contributed by atoms with Crippen molar-refractivity contribution in [3.63, 3.8) is 0 Å². The molecule has 4 heteroatoms. The maximum atomic E-state index is 13.2. The summed E-state index contributed by atoms with van der Waals surface area (Å²) >= 11 is 0. The van der Waals surface area contributed by atoms with Gasteiger partial charge in [0.15, 0.2) is 0 Å². The lowest BCUT2D eigenvalue weighted by Crippen LogP contribution is -2.12. The molecule has 0 unspecified atom stereocenters. The molecule has 3 nitrogen and oxygen atoms in total. The van der Waals surface area contributed by atoms with E-state index in [9.17, 15) is 4.39 Å². The van der Waals surface area contributed by atoms with Crippen LogP contribution in [0.5, 0.6) is 5.75 Å². The average Bonchev–Trinajstić information content (AvgIpc) is 2.40. The minimum Gasteiger partial charge on any atom is -0.493 e. The van der Waals surface area contributed by atoms with Crippen LogP contribution in [0.2, 0.25) is 0 Å². The van der Waals surface area contributed by atoms with E-state index in [1.807, 2.05) is 0 Å². The number of halogens is 1. The monoisotopic (exact) mass is 253 g/mol. The van der Waals surface area contributed by atoms with E-state index in [0.717, 1.165) is 12.8 Å². The van der Waals surface area contributed by atoms with Gasteiger partial charge in [-0.25, -0.2) is 4.39 Å². The van der Waals surface area contributed by atoms with Crippen LogP contribution in [0.25, 0.3) is 0 Å². The van der Waals surface area contributed by atoms with E-state index in [1.54, 1.807) is 13.0 Å². The third-order valence-electron chi connectivity index (χ3n) is 3.11. The Bertz CT molecular complexity index is 414. The number of benzene rings is 1. The van der Waals surface area contributed by atoms with Crippen molar-refractivity contribution in [1.82, 2.24) is 0 Å². The summed E-state index contributed by atoms with van der Waals surface area (Å²) in [5.41, 5.74) is 0.831. The Morgan fingerprint density at radius 1 is 1.39 bits per heavy atom. The van der Waals surface area contributed by atoms with Gasteiger partial charge < -0.3 is 9.94 Å². The van der Waals surface area contributed by atoms with Gasteiger partial charge in [0.1, 0.15) is 11.6 Å². The van der Waals surface area contributed by atoms with Crippen molar-refractivity contribution in [2.45, 2.75) is 33.6 Å². The maximum Gasteiger partial charge on any atom is 0.128 e. The van der Waals surface area contributed by atoms with Gasteiger partial charge in [0.25, 0.3) is 0 Å². The summed E-state index contributed by atoms with van der Waals surface area (Å²) in [6.07, 6.45) is 2.08. The van der Waals surface area contributed by atoms with Crippen molar-refractivity contribution in [1.29, 1.82) is 0 Å². The summed E-state index contributed by atoms with van der Waals surface area (Å²) in [5, 5.41) is 11.9. The van der Waals surface area contributed by atoms with Gasteiger partial charge in [-0.1, -0.05) is 31.8 Å². The molecule has 0 fully saturated rings. The van der Waals surface area contributed by atoms with Gasteiger partial charge >= 0.3 is 0 Å². The van der Waals surface area contributed by atoms with Crippen LogP contribution >= 0.6 is 0 Å². The summed E-state index contributed by atoms with van der Waals surface area (Å²) in [4.78, 5) is 0. The molecule has 0 bridgehead atoms. The quantitative estimate of drug-likeness (QED) is 0.475. The molecule has 1 aromatic carbocycles. The first-order valence-electron chi connectivity index (χ1n) is 6.23. The number of ether oxygens (including phenoxy) is 1. The second-order valence-corrected chi connectivity index (χ2v) is 4.32. The van der Waals surface area contributed by atoms with Crippen molar-refractivity contribution < 1.29 is 14.3 Å². The summed E-state index contributed by atoms with van der Waals surface area (Å²) in [6, 6.07) is 4.23. The molecule has 18 heavy (non-hydrogen) atoms. The molecule has 0 aliphatic heterocycles. The van der Waals surface area contributed by atoms with Crippen LogP contribution < -0.4 is 4.74 Å². The summed E-state index contributed by atoms with van der Waals surface area (Å²) in [7, 11) is 0. The van der Waals surface area contributed by atoms with Gasteiger partial charge in [0.05, 0.1) is 12.3 Å². The van der Waals surface area contributed by atoms with Gasteiger partial charge in [0.2, 0.25) is 0 Å². The molecule has 1 N–H and O–H groups in total. The zero-order chi connectivity index (χ0) is 13.5. The Hall–Kier alpha value is -1.58. The Kier molecular flexibility index (Phi) is 5.62. The van der Waals surface area contributed by atoms with E-state index in [0.29, 0.717) is 29.5 Å². The fourth-order valence-electron chi connectivity index (χ4n) is 1.70. The number of rotatable bonds is 6. The topological polar surface area (TPSA) is 41.8 Å². The molecule has 1 aromatic rings. The van der Waals surface area contributed by atoms with E-state index in [-0.39, 0.29) is 5.82 Å². The molecule has 0 atom stereocenters. The Morgan fingerprint density at radius 2 is 2.06 bits per heavy atom. The van der Waals surface area contributed by atoms with Crippen LogP contribution in [-0.2, 0) is 0 Å². The van der Waals surface area contributed by atoms with E-state index in [2.05, 4.69) is 19.0 Å². The minimum atomic E-state index is -0.372. The third kappa shape index (κ3) is 3.72. The van der Waals surface area contributed by atoms with Gasteiger partial charge in [0, 0.05) is 5.56 Å². The third-order valence-corrected chi connectivity index (χ3v) is 3.11. The highest BCUT2D eigenvalue weighted by molar-refractivity contribution is 6.00. The highest BCUT2D eigenvalue weighted by atomic mass is 19.1. The van der Waals surface area contributed by atoms with Gasteiger partial charge in [-0.15, -0.1) is 0 Å². The minimum absolute atomic E-state index is 0.342. The zero-order valence-electron chi connectivity index (χ0n) is 11.1. The normalized spacial score (nSPS) is 11.9. The Labute approximate surface area is 107 Å². The first kappa shape index (κ1) is 14.5. The highest BCUT2D eigenvalue weighted by Crippen LogP contribution is 2.22. The number of hydrogen-bond donors (Lipinski definition) is 1. The van der Waals surface area contributed by atoms with Crippen LogP contribution in [0.4, 0.5) is 4.39 Å². The van der Waals surface area contributed by atoms with E-state index < -0.39 is 0 Å². The summed E-state index contributed by atoms with van der Waals surface area (Å²) < 4.78 is 18.9. The molecule has 0 saturated heterocycles. The van der Waals surface area contributed by atoms with E-state index in [4.69, 9.17) is 9.94 Å². The predicted octanol–water partition coefficient (Wildman–Crippen LogP) is 3.84. The Balaban J connectivity index is 2.88. The maximum absolute atomic E-state index is 13.2. The number of nitrogens with zero attached hydrogens (tertiary/aromatic N) is 1. The second kappa shape index (κ2) is 6.99. The number of oxime groups is 1. The average molecular weight is 253 g/mol. The molecule has 0 saturated carbocycles. The van der Waals surface area contributed by atoms with Crippen molar-refractivity contribution in [3.05, 3.63) is 29.6 Å². The van der Waals surface area contributed by atoms with Crippen LogP contribution in [-0.4, -0.2) is 17.5 Å². The predicted molar refractivity (Wildman–Crippen MR) is 70.0 cm³/mol. The number of hydrogen-bond acceptors (Lipinski definition) is 3. The molecular formula is C14H20FNO2. The summed E-state index contributed by atoms with van der Waals surface area (Å²) in [5.74, 6) is 0.663. The molecule has 0 spiro atoms. The van der Waals surface area contributed by atoms with Crippen LogP contribution in [0.15, 0.2) is 23.4 Å². The van der Waals surface area contributed by atoms with Crippen molar-refractivity contribution in [2.24, 2.45) is 11.1 Å². The molecule has 0 heterocycles. The Morgan fingerprint density at radius 3 is 2.61 bits per heavy atom. The van der Waals surface area contributed by atoms with Crippen molar-refractivity contribution in [3.8, 4) is 5.75 Å². The molecule has 0 aromatic heterocycles. The standard InChI is InChI=1S/C14H20FNO2/c1-4-11(5-2)9-18-14-7-6-12(15)8-13(14)10(3)16-17/h6-8,11,17H,4-5,9H2,1-3H3/b16-10+. The molecule has 100 valence electrons.